The monoisotopic (exact) mass is 232 g/mol. The van der Waals surface area contributed by atoms with Gasteiger partial charge in [0.1, 0.15) is 0 Å². The summed E-state index contributed by atoms with van der Waals surface area (Å²) in [5.74, 6) is -0.460. The Morgan fingerprint density at radius 2 is 1.50 bits per heavy atom. The maximum absolute atomic E-state index is 10.9. The summed E-state index contributed by atoms with van der Waals surface area (Å²) in [6.45, 7) is 0. The maximum atomic E-state index is 10.9. The first-order chi connectivity index (χ1) is 7.63. The summed E-state index contributed by atoms with van der Waals surface area (Å²) in [7, 11) is 4.33. The average Bonchev–Trinajstić information content (AvgIpc) is 2.32. The molecule has 0 radical (unpaired) electrons. The van der Waals surface area contributed by atoms with Crippen LogP contribution in [0.4, 0.5) is 0 Å². The van der Waals surface area contributed by atoms with E-state index >= 15 is 0 Å². The SMILES string of the molecule is COC(=O)CCC[C@H](CCC(=O)OC)OC. The molecule has 0 saturated heterocycles. The molecule has 94 valence electrons. The second-order valence-electron chi connectivity index (χ2n) is 3.44. The summed E-state index contributed by atoms with van der Waals surface area (Å²) in [5, 5.41) is 0. The highest BCUT2D eigenvalue weighted by molar-refractivity contribution is 5.69. The number of methoxy groups -OCH3 is 3. The fourth-order valence-corrected chi connectivity index (χ4v) is 1.34. The number of carbonyl (C=O) groups excluding carboxylic acids is 2. The van der Waals surface area contributed by atoms with Crippen LogP contribution < -0.4 is 0 Å². The summed E-state index contributed by atoms with van der Waals surface area (Å²) in [5.41, 5.74) is 0. The van der Waals surface area contributed by atoms with E-state index in [0.717, 1.165) is 6.42 Å². The van der Waals surface area contributed by atoms with Crippen LogP contribution in [0.15, 0.2) is 0 Å². The second kappa shape index (κ2) is 9.15. The van der Waals surface area contributed by atoms with Gasteiger partial charge in [-0.05, 0) is 19.3 Å². The molecule has 0 heterocycles. The zero-order chi connectivity index (χ0) is 12.4. The molecule has 0 aromatic rings. The first-order valence-corrected chi connectivity index (χ1v) is 5.30. The molecule has 1 atom stereocenters. The van der Waals surface area contributed by atoms with Crippen molar-refractivity contribution < 1.29 is 23.8 Å². The highest BCUT2D eigenvalue weighted by Crippen LogP contribution is 2.11. The van der Waals surface area contributed by atoms with Gasteiger partial charge in [0, 0.05) is 20.0 Å². The van der Waals surface area contributed by atoms with Crippen LogP contribution in [-0.2, 0) is 23.8 Å². The zero-order valence-electron chi connectivity index (χ0n) is 10.2. The molecule has 5 nitrogen and oxygen atoms in total. The highest BCUT2D eigenvalue weighted by Gasteiger charge is 2.11. The van der Waals surface area contributed by atoms with Crippen molar-refractivity contribution in [3.8, 4) is 0 Å². The average molecular weight is 232 g/mol. The molecular weight excluding hydrogens is 212 g/mol. The lowest BCUT2D eigenvalue weighted by atomic mass is 10.1. The maximum Gasteiger partial charge on any atom is 0.305 e. The molecule has 0 saturated carbocycles. The molecule has 0 unspecified atom stereocenters. The van der Waals surface area contributed by atoms with E-state index in [0.29, 0.717) is 25.7 Å². The van der Waals surface area contributed by atoms with Crippen LogP contribution in [0, 0.1) is 0 Å². The normalized spacial score (nSPS) is 11.9. The molecule has 5 heteroatoms. The molecule has 0 aromatic carbocycles. The largest absolute Gasteiger partial charge is 0.469 e. The highest BCUT2D eigenvalue weighted by atomic mass is 16.5. The van der Waals surface area contributed by atoms with Crippen LogP contribution in [0.3, 0.4) is 0 Å². The predicted octanol–water partition coefficient (Wildman–Crippen LogP) is 1.30. The van der Waals surface area contributed by atoms with Crippen LogP contribution in [-0.4, -0.2) is 39.4 Å². The van der Waals surface area contributed by atoms with Gasteiger partial charge in [-0.3, -0.25) is 9.59 Å². The molecule has 0 aromatic heterocycles. The van der Waals surface area contributed by atoms with Crippen LogP contribution in [0.1, 0.15) is 32.1 Å². The van der Waals surface area contributed by atoms with Gasteiger partial charge >= 0.3 is 11.9 Å². The Morgan fingerprint density at radius 1 is 0.938 bits per heavy atom. The van der Waals surface area contributed by atoms with Crippen LogP contribution in [0.25, 0.3) is 0 Å². The van der Waals surface area contributed by atoms with Crippen molar-refractivity contribution in [2.45, 2.75) is 38.2 Å². The summed E-state index contributed by atoms with van der Waals surface area (Å²) in [6.07, 6.45) is 2.77. The minimum Gasteiger partial charge on any atom is -0.469 e. The molecule has 0 spiro atoms. The van der Waals surface area contributed by atoms with E-state index in [2.05, 4.69) is 9.47 Å². The molecular formula is C11H20O5. The van der Waals surface area contributed by atoms with Crippen LogP contribution in [0.2, 0.25) is 0 Å². The Labute approximate surface area is 96.1 Å². The van der Waals surface area contributed by atoms with Gasteiger partial charge in [-0.1, -0.05) is 0 Å². The molecule has 0 fully saturated rings. The summed E-state index contributed by atoms with van der Waals surface area (Å²) < 4.78 is 14.3. The van der Waals surface area contributed by atoms with E-state index in [1.807, 2.05) is 0 Å². The van der Waals surface area contributed by atoms with E-state index < -0.39 is 0 Å². The third-order valence-corrected chi connectivity index (χ3v) is 2.37. The topological polar surface area (TPSA) is 61.8 Å². The van der Waals surface area contributed by atoms with Gasteiger partial charge in [-0.2, -0.15) is 0 Å². The molecule has 0 rings (SSSR count). The number of carbonyl (C=O) groups is 2. The van der Waals surface area contributed by atoms with Gasteiger partial charge in [0.05, 0.1) is 20.3 Å². The number of hydrogen-bond acceptors (Lipinski definition) is 5. The number of ether oxygens (including phenoxy) is 3. The molecule has 0 bridgehead atoms. The third kappa shape index (κ3) is 7.23. The minimum atomic E-state index is -0.241. The van der Waals surface area contributed by atoms with Crippen molar-refractivity contribution in [3.63, 3.8) is 0 Å². The standard InChI is InChI=1S/C11H20O5/c1-14-9(7-8-11(13)16-3)5-4-6-10(12)15-2/h9H,4-8H2,1-3H3/t9-/m1/s1. The first kappa shape index (κ1) is 14.9. The molecule has 0 aliphatic carbocycles. The van der Waals surface area contributed by atoms with Gasteiger partial charge in [0.15, 0.2) is 0 Å². The summed E-state index contributed by atoms with van der Waals surface area (Å²) >= 11 is 0. The van der Waals surface area contributed by atoms with E-state index in [4.69, 9.17) is 4.74 Å². The lowest BCUT2D eigenvalue weighted by Gasteiger charge is -2.13. The minimum absolute atomic E-state index is 0.0104. The summed E-state index contributed by atoms with van der Waals surface area (Å²) in [4.78, 5) is 21.8. The van der Waals surface area contributed by atoms with Crippen molar-refractivity contribution >= 4 is 11.9 Å². The van der Waals surface area contributed by atoms with Gasteiger partial charge in [-0.15, -0.1) is 0 Å². The quantitative estimate of drug-likeness (QED) is 0.590. The van der Waals surface area contributed by atoms with Crippen molar-refractivity contribution in [3.05, 3.63) is 0 Å². The van der Waals surface area contributed by atoms with E-state index in [9.17, 15) is 9.59 Å². The number of rotatable bonds is 8. The lowest BCUT2D eigenvalue weighted by molar-refractivity contribution is -0.142. The van der Waals surface area contributed by atoms with E-state index in [-0.39, 0.29) is 18.0 Å². The van der Waals surface area contributed by atoms with Crippen molar-refractivity contribution in [2.24, 2.45) is 0 Å². The van der Waals surface area contributed by atoms with E-state index in [1.165, 1.54) is 14.2 Å². The van der Waals surface area contributed by atoms with Gasteiger partial charge in [0.25, 0.3) is 0 Å². The molecule has 0 aliphatic rings. The smallest absolute Gasteiger partial charge is 0.305 e. The van der Waals surface area contributed by atoms with Crippen molar-refractivity contribution in [1.82, 2.24) is 0 Å². The van der Waals surface area contributed by atoms with Crippen molar-refractivity contribution in [1.29, 1.82) is 0 Å². The van der Waals surface area contributed by atoms with Crippen LogP contribution >= 0.6 is 0 Å². The number of esters is 2. The van der Waals surface area contributed by atoms with Gasteiger partial charge < -0.3 is 14.2 Å². The summed E-state index contributed by atoms with van der Waals surface area (Å²) in [6, 6.07) is 0. The Kier molecular flexibility index (Phi) is 8.52. The molecule has 16 heavy (non-hydrogen) atoms. The molecule has 0 aliphatic heterocycles. The Hall–Kier alpha value is -1.10. The fraction of sp³-hybridized carbons (Fsp3) is 0.818. The van der Waals surface area contributed by atoms with Gasteiger partial charge in [-0.25, -0.2) is 0 Å². The Bertz CT molecular complexity index is 214. The fourth-order valence-electron chi connectivity index (χ4n) is 1.34. The Morgan fingerprint density at radius 3 is 2.00 bits per heavy atom. The van der Waals surface area contributed by atoms with Crippen molar-refractivity contribution in [2.75, 3.05) is 21.3 Å². The lowest BCUT2D eigenvalue weighted by Crippen LogP contribution is -2.14. The van der Waals surface area contributed by atoms with E-state index in [1.54, 1.807) is 7.11 Å². The Balaban J connectivity index is 3.66. The first-order valence-electron chi connectivity index (χ1n) is 5.30. The molecule has 0 N–H and O–H groups in total. The zero-order valence-corrected chi connectivity index (χ0v) is 10.2. The number of hydrogen-bond donors (Lipinski definition) is 0. The second-order valence-corrected chi connectivity index (χ2v) is 3.44. The predicted molar refractivity (Wildman–Crippen MR) is 57.9 cm³/mol. The third-order valence-electron chi connectivity index (χ3n) is 2.37. The van der Waals surface area contributed by atoms with Crippen LogP contribution in [0.5, 0.6) is 0 Å². The van der Waals surface area contributed by atoms with Gasteiger partial charge in [0.2, 0.25) is 0 Å². The molecule has 0 amide bonds.